The Morgan fingerprint density at radius 1 is 1.35 bits per heavy atom. The normalized spacial score (nSPS) is 13.7. The van der Waals surface area contributed by atoms with E-state index in [4.69, 9.17) is 11.0 Å². The summed E-state index contributed by atoms with van der Waals surface area (Å²) in [6, 6.07) is 11.4. The number of nitriles is 1. The van der Waals surface area contributed by atoms with E-state index < -0.39 is 0 Å². The van der Waals surface area contributed by atoms with Crippen molar-refractivity contribution in [3.05, 3.63) is 51.9 Å². The van der Waals surface area contributed by atoms with Gasteiger partial charge < -0.3 is 10.6 Å². The average molecular weight is 283 g/mol. The monoisotopic (exact) mass is 283 g/mol. The van der Waals surface area contributed by atoms with Crippen molar-refractivity contribution >= 4 is 22.2 Å². The van der Waals surface area contributed by atoms with Crippen molar-refractivity contribution in [1.82, 2.24) is 4.90 Å². The Labute approximate surface area is 121 Å². The van der Waals surface area contributed by atoms with Crippen LogP contribution in [0.4, 0.5) is 5.00 Å². The molecule has 1 amide bonds. The second-order valence-corrected chi connectivity index (χ2v) is 5.83. The minimum Gasteiger partial charge on any atom is -0.389 e. The Bertz CT molecular complexity index is 700. The summed E-state index contributed by atoms with van der Waals surface area (Å²) in [5.41, 5.74) is 8.17. The van der Waals surface area contributed by atoms with Gasteiger partial charge in [0.2, 0.25) is 0 Å². The fourth-order valence-corrected chi connectivity index (χ4v) is 3.57. The van der Waals surface area contributed by atoms with E-state index in [1.165, 1.54) is 11.3 Å². The topological polar surface area (TPSA) is 70.1 Å². The van der Waals surface area contributed by atoms with Crippen molar-refractivity contribution in [1.29, 1.82) is 5.26 Å². The summed E-state index contributed by atoms with van der Waals surface area (Å²) in [4.78, 5) is 15.3. The van der Waals surface area contributed by atoms with Crippen molar-refractivity contribution in [2.75, 3.05) is 12.3 Å². The second-order valence-electron chi connectivity index (χ2n) is 4.70. The lowest BCUT2D eigenvalue weighted by molar-refractivity contribution is 0.0737. The molecule has 0 radical (unpaired) electrons. The largest absolute Gasteiger partial charge is 0.389 e. The summed E-state index contributed by atoms with van der Waals surface area (Å²) in [6.07, 6.45) is 0.699. The number of carbonyl (C=O) groups excluding carboxylic acids is 1. The van der Waals surface area contributed by atoms with Crippen molar-refractivity contribution in [3.63, 3.8) is 0 Å². The van der Waals surface area contributed by atoms with E-state index in [9.17, 15) is 4.79 Å². The molecule has 2 aromatic rings. The van der Waals surface area contributed by atoms with Crippen molar-refractivity contribution < 1.29 is 4.79 Å². The van der Waals surface area contributed by atoms with Crippen LogP contribution in [-0.4, -0.2) is 17.4 Å². The minimum absolute atomic E-state index is 0.0294. The van der Waals surface area contributed by atoms with Crippen LogP contribution < -0.4 is 5.73 Å². The number of hydrogen-bond acceptors (Lipinski definition) is 4. The van der Waals surface area contributed by atoms with Crippen molar-refractivity contribution in [2.24, 2.45) is 0 Å². The second kappa shape index (κ2) is 4.99. The lowest BCUT2D eigenvalue weighted by Gasteiger charge is -2.27. The number of hydrogen-bond donors (Lipinski definition) is 1. The summed E-state index contributed by atoms with van der Waals surface area (Å²) in [5.74, 6) is 0.0294. The molecule has 0 bridgehead atoms. The highest BCUT2D eigenvalue weighted by molar-refractivity contribution is 7.16. The fraction of sp³-hybridized carbons (Fsp3) is 0.200. The highest BCUT2D eigenvalue weighted by Crippen LogP contribution is 2.34. The van der Waals surface area contributed by atoms with Crippen LogP contribution in [0.15, 0.2) is 30.3 Å². The Balaban J connectivity index is 1.87. The number of rotatable bonds is 1. The number of nitrogen functional groups attached to an aromatic ring is 1. The highest BCUT2D eigenvalue weighted by atomic mass is 32.1. The molecule has 1 aromatic heterocycles. The smallest absolute Gasteiger partial charge is 0.254 e. The van der Waals surface area contributed by atoms with Gasteiger partial charge >= 0.3 is 0 Å². The van der Waals surface area contributed by atoms with Crippen LogP contribution in [0.5, 0.6) is 0 Å². The summed E-state index contributed by atoms with van der Waals surface area (Å²) in [6.45, 7) is 1.17. The molecule has 3 rings (SSSR count). The van der Waals surface area contributed by atoms with Crippen LogP contribution in [0.25, 0.3) is 0 Å². The Kier molecular flexibility index (Phi) is 3.17. The van der Waals surface area contributed by atoms with E-state index in [-0.39, 0.29) is 5.91 Å². The van der Waals surface area contributed by atoms with Gasteiger partial charge in [0.25, 0.3) is 5.91 Å². The molecule has 100 valence electrons. The van der Waals surface area contributed by atoms with Gasteiger partial charge in [-0.2, -0.15) is 5.26 Å². The van der Waals surface area contributed by atoms with Crippen LogP contribution in [0.3, 0.4) is 0 Å². The molecule has 5 heteroatoms. The van der Waals surface area contributed by atoms with E-state index >= 15 is 0 Å². The first-order chi connectivity index (χ1) is 9.70. The molecule has 1 aliphatic rings. The van der Waals surface area contributed by atoms with Crippen LogP contribution in [0, 0.1) is 11.3 Å². The third-order valence-electron chi connectivity index (χ3n) is 3.50. The van der Waals surface area contributed by atoms with Crippen LogP contribution in [0.2, 0.25) is 0 Å². The first kappa shape index (κ1) is 12.7. The Hall–Kier alpha value is -2.32. The van der Waals surface area contributed by atoms with Crippen molar-refractivity contribution in [3.8, 4) is 6.07 Å². The van der Waals surface area contributed by atoms with Gasteiger partial charge in [-0.15, -0.1) is 11.3 Å². The van der Waals surface area contributed by atoms with E-state index in [0.29, 0.717) is 35.6 Å². The van der Waals surface area contributed by atoms with Crippen molar-refractivity contribution in [2.45, 2.75) is 13.0 Å². The molecule has 20 heavy (non-hydrogen) atoms. The van der Waals surface area contributed by atoms with Gasteiger partial charge in [-0.1, -0.05) is 18.2 Å². The number of fused-ring (bicyclic) bond motifs is 1. The number of amides is 1. The maximum Gasteiger partial charge on any atom is 0.254 e. The lowest BCUT2D eigenvalue weighted by atomic mass is 10.0. The third kappa shape index (κ3) is 2.04. The Morgan fingerprint density at radius 3 is 2.80 bits per heavy atom. The first-order valence-electron chi connectivity index (χ1n) is 6.35. The molecule has 2 heterocycles. The fourth-order valence-electron chi connectivity index (χ4n) is 2.48. The van der Waals surface area contributed by atoms with Gasteiger partial charge in [-0.05, 0) is 24.1 Å². The minimum atomic E-state index is 0.0294. The van der Waals surface area contributed by atoms with E-state index in [0.717, 1.165) is 10.4 Å². The van der Waals surface area contributed by atoms with Gasteiger partial charge in [0.15, 0.2) is 0 Å². The molecule has 1 aromatic carbocycles. The molecular weight excluding hydrogens is 270 g/mol. The highest BCUT2D eigenvalue weighted by Gasteiger charge is 2.26. The molecule has 0 fully saturated rings. The first-order valence-corrected chi connectivity index (χ1v) is 7.17. The van der Waals surface area contributed by atoms with E-state index in [1.807, 2.05) is 35.2 Å². The predicted molar refractivity (Wildman–Crippen MR) is 78.3 cm³/mol. The molecule has 1 aliphatic heterocycles. The summed E-state index contributed by atoms with van der Waals surface area (Å²) in [7, 11) is 0. The number of thiophene rings is 1. The summed E-state index contributed by atoms with van der Waals surface area (Å²) in [5, 5.41) is 9.67. The number of carbonyl (C=O) groups is 1. The SMILES string of the molecule is N#Cc1c(N)sc2c1CCN(C(=O)c1ccccc1)C2. The summed E-state index contributed by atoms with van der Waals surface area (Å²) >= 11 is 1.42. The maximum atomic E-state index is 12.4. The maximum absolute atomic E-state index is 12.4. The number of nitrogens with two attached hydrogens (primary N) is 1. The molecule has 4 nitrogen and oxygen atoms in total. The molecule has 2 N–H and O–H groups in total. The zero-order valence-electron chi connectivity index (χ0n) is 10.8. The quantitative estimate of drug-likeness (QED) is 0.873. The predicted octanol–water partition coefficient (Wildman–Crippen LogP) is 2.40. The number of nitrogens with zero attached hydrogens (tertiary/aromatic N) is 2. The van der Waals surface area contributed by atoms with Gasteiger partial charge in [0.05, 0.1) is 12.1 Å². The van der Waals surface area contributed by atoms with Gasteiger partial charge in [0, 0.05) is 17.0 Å². The lowest BCUT2D eigenvalue weighted by Crippen LogP contribution is -2.35. The van der Waals surface area contributed by atoms with Gasteiger partial charge in [-0.25, -0.2) is 0 Å². The van der Waals surface area contributed by atoms with Crippen LogP contribution in [-0.2, 0) is 13.0 Å². The van der Waals surface area contributed by atoms with E-state index in [2.05, 4.69) is 6.07 Å². The molecule has 0 aliphatic carbocycles. The molecule has 0 saturated heterocycles. The molecule has 0 unspecified atom stereocenters. The van der Waals surface area contributed by atoms with Gasteiger partial charge in [-0.3, -0.25) is 4.79 Å². The van der Waals surface area contributed by atoms with Gasteiger partial charge in [0.1, 0.15) is 11.1 Å². The third-order valence-corrected chi connectivity index (χ3v) is 4.55. The molecule has 0 saturated carbocycles. The zero-order chi connectivity index (χ0) is 14.1. The standard InChI is InChI=1S/C15H13N3OS/c16-8-12-11-6-7-18(9-13(11)20-14(12)17)15(19)10-4-2-1-3-5-10/h1-5H,6-7,9,17H2. The molecule has 0 atom stereocenters. The average Bonchev–Trinajstić information content (AvgIpc) is 2.81. The zero-order valence-corrected chi connectivity index (χ0v) is 11.6. The van der Waals surface area contributed by atoms with Crippen LogP contribution in [0.1, 0.15) is 26.4 Å². The summed E-state index contributed by atoms with van der Waals surface area (Å²) < 4.78 is 0. The molecule has 0 spiro atoms. The number of benzene rings is 1. The van der Waals surface area contributed by atoms with E-state index in [1.54, 1.807) is 0 Å². The Morgan fingerprint density at radius 2 is 2.10 bits per heavy atom. The number of anilines is 1. The molecular formula is C15H13N3OS. The van der Waals surface area contributed by atoms with Crippen LogP contribution >= 0.6 is 11.3 Å².